The standard InChI is InChI=1S/C18H22N8/c1-12-9-15(23-16(22-12)13-3-4-13)25-5-7-26(8-6-25)18-14-10-21-24(2)17(14)19-11-20-18/h9-11,13H,3-8H2,1-2H3. The predicted octanol–water partition coefficient (Wildman–Crippen LogP) is 1.67. The van der Waals surface area contributed by atoms with E-state index in [1.807, 2.05) is 13.2 Å². The van der Waals surface area contributed by atoms with Gasteiger partial charge in [0, 0.05) is 50.9 Å². The van der Waals surface area contributed by atoms with Gasteiger partial charge in [-0.1, -0.05) is 0 Å². The summed E-state index contributed by atoms with van der Waals surface area (Å²) in [6, 6.07) is 2.10. The molecular weight excluding hydrogens is 328 g/mol. The summed E-state index contributed by atoms with van der Waals surface area (Å²) in [6.45, 7) is 5.72. The van der Waals surface area contributed by atoms with Crippen molar-refractivity contribution in [2.24, 2.45) is 7.05 Å². The maximum absolute atomic E-state index is 4.83. The van der Waals surface area contributed by atoms with Crippen LogP contribution in [0.4, 0.5) is 11.6 Å². The zero-order valence-electron chi connectivity index (χ0n) is 15.1. The third-order valence-corrected chi connectivity index (χ3v) is 5.21. The van der Waals surface area contributed by atoms with Crippen molar-refractivity contribution < 1.29 is 0 Å². The normalized spacial score (nSPS) is 17.9. The molecule has 1 saturated carbocycles. The molecule has 5 rings (SSSR count). The number of aryl methyl sites for hydroxylation is 2. The summed E-state index contributed by atoms with van der Waals surface area (Å²) in [7, 11) is 1.91. The Kier molecular flexibility index (Phi) is 3.51. The van der Waals surface area contributed by atoms with Gasteiger partial charge in [-0.05, 0) is 19.8 Å². The SMILES string of the molecule is Cc1cc(N2CCN(c3ncnc4c3cnn4C)CC2)nc(C2CC2)n1. The molecule has 8 heteroatoms. The minimum atomic E-state index is 0.579. The lowest BCUT2D eigenvalue weighted by Gasteiger charge is -2.36. The van der Waals surface area contributed by atoms with Crippen LogP contribution >= 0.6 is 0 Å². The molecule has 0 amide bonds. The summed E-state index contributed by atoms with van der Waals surface area (Å²) in [5.41, 5.74) is 1.94. The van der Waals surface area contributed by atoms with E-state index in [1.54, 1.807) is 11.0 Å². The largest absolute Gasteiger partial charge is 0.353 e. The van der Waals surface area contributed by atoms with Crippen molar-refractivity contribution in [2.75, 3.05) is 36.0 Å². The topological polar surface area (TPSA) is 75.9 Å². The molecule has 3 aromatic rings. The molecule has 26 heavy (non-hydrogen) atoms. The second kappa shape index (κ2) is 5.89. The summed E-state index contributed by atoms with van der Waals surface area (Å²) < 4.78 is 1.79. The summed E-state index contributed by atoms with van der Waals surface area (Å²) >= 11 is 0. The van der Waals surface area contributed by atoms with E-state index in [-0.39, 0.29) is 0 Å². The zero-order chi connectivity index (χ0) is 17.7. The monoisotopic (exact) mass is 350 g/mol. The average molecular weight is 350 g/mol. The lowest BCUT2D eigenvalue weighted by molar-refractivity contribution is 0.639. The summed E-state index contributed by atoms with van der Waals surface area (Å²) in [6.07, 6.45) is 5.94. The smallest absolute Gasteiger partial charge is 0.163 e. The molecule has 2 aliphatic rings. The van der Waals surface area contributed by atoms with Gasteiger partial charge in [-0.15, -0.1) is 0 Å². The van der Waals surface area contributed by atoms with Crippen molar-refractivity contribution in [1.82, 2.24) is 29.7 Å². The molecule has 0 bridgehead atoms. The molecule has 0 spiro atoms. The first-order valence-corrected chi connectivity index (χ1v) is 9.17. The van der Waals surface area contributed by atoms with E-state index in [2.05, 4.69) is 42.8 Å². The van der Waals surface area contributed by atoms with E-state index < -0.39 is 0 Å². The molecule has 3 aromatic heterocycles. The first-order chi connectivity index (χ1) is 12.7. The fourth-order valence-corrected chi connectivity index (χ4v) is 3.61. The third-order valence-electron chi connectivity index (χ3n) is 5.21. The summed E-state index contributed by atoms with van der Waals surface area (Å²) in [5, 5.41) is 5.33. The van der Waals surface area contributed by atoms with Gasteiger partial charge >= 0.3 is 0 Å². The highest BCUT2D eigenvalue weighted by molar-refractivity contribution is 5.86. The van der Waals surface area contributed by atoms with E-state index in [9.17, 15) is 0 Å². The Morgan fingerprint density at radius 1 is 1.00 bits per heavy atom. The van der Waals surface area contributed by atoms with Gasteiger partial charge in [0.15, 0.2) is 5.65 Å². The minimum absolute atomic E-state index is 0.579. The average Bonchev–Trinajstić information content (AvgIpc) is 3.45. The maximum Gasteiger partial charge on any atom is 0.163 e. The number of fused-ring (bicyclic) bond motifs is 1. The molecule has 0 aromatic carbocycles. The van der Waals surface area contributed by atoms with Gasteiger partial charge in [0.2, 0.25) is 0 Å². The van der Waals surface area contributed by atoms with E-state index in [1.165, 1.54) is 12.8 Å². The number of aromatic nitrogens is 6. The number of rotatable bonds is 3. The van der Waals surface area contributed by atoms with Crippen molar-refractivity contribution in [3.05, 3.63) is 30.1 Å². The highest BCUT2D eigenvalue weighted by Crippen LogP contribution is 2.38. The van der Waals surface area contributed by atoms with Crippen molar-refractivity contribution >= 4 is 22.7 Å². The van der Waals surface area contributed by atoms with Crippen LogP contribution in [-0.2, 0) is 7.05 Å². The van der Waals surface area contributed by atoms with E-state index in [4.69, 9.17) is 4.98 Å². The molecule has 1 saturated heterocycles. The molecule has 0 unspecified atom stereocenters. The molecule has 0 N–H and O–H groups in total. The lowest BCUT2D eigenvalue weighted by Crippen LogP contribution is -2.47. The zero-order valence-corrected chi connectivity index (χ0v) is 15.1. The first-order valence-electron chi connectivity index (χ1n) is 9.17. The summed E-state index contributed by atoms with van der Waals surface area (Å²) in [5.74, 6) is 3.64. The van der Waals surface area contributed by atoms with Gasteiger partial charge in [0.05, 0.1) is 11.6 Å². The number of nitrogens with zero attached hydrogens (tertiary/aromatic N) is 8. The molecule has 2 fully saturated rings. The molecule has 4 heterocycles. The highest BCUT2D eigenvalue weighted by Gasteiger charge is 2.28. The number of hydrogen-bond acceptors (Lipinski definition) is 7. The second-order valence-corrected chi connectivity index (χ2v) is 7.18. The van der Waals surface area contributed by atoms with E-state index >= 15 is 0 Å². The van der Waals surface area contributed by atoms with Crippen LogP contribution in [-0.4, -0.2) is 55.9 Å². The van der Waals surface area contributed by atoms with Crippen LogP contribution in [0, 0.1) is 6.92 Å². The van der Waals surface area contributed by atoms with Gasteiger partial charge < -0.3 is 9.80 Å². The fraction of sp³-hybridized carbons (Fsp3) is 0.500. The number of hydrogen-bond donors (Lipinski definition) is 0. The molecule has 1 aliphatic carbocycles. The number of anilines is 2. The van der Waals surface area contributed by atoms with E-state index in [0.29, 0.717) is 5.92 Å². The van der Waals surface area contributed by atoms with Gasteiger partial charge in [-0.25, -0.2) is 19.9 Å². The maximum atomic E-state index is 4.83. The molecular formula is C18H22N8. The van der Waals surface area contributed by atoms with Crippen LogP contribution in [0.25, 0.3) is 11.0 Å². The Morgan fingerprint density at radius 3 is 2.54 bits per heavy atom. The second-order valence-electron chi connectivity index (χ2n) is 7.18. The van der Waals surface area contributed by atoms with Crippen LogP contribution in [0.3, 0.4) is 0 Å². The van der Waals surface area contributed by atoms with Crippen LogP contribution in [0.2, 0.25) is 0 Å². The third kappa shape index (κ3) is 2.65. The van der Waals surface area contributed by atoms with Crippen molar-refractivity contribution in [1.29, 1.82) is 0 Å². The molecule has 134 valence electrons. The van der Waals surface area contributed by atoms with Crippen LogP contribution in [0.1, 0.15) is 30.3 Å². The van der Waals surface area contributed by atoms with Crippen molar-refractivity contribution in [2.45, 2.75) is 25.7 Å². The van der Waals surface area contributed by atoms with Gasteiger partial charge in [0.1, 0.15) is 23.8 Å². The van der Waals surface area contributed by atoms with Crippen LogP contribution in [0.5, 0.6) is 0 Å². The quantitative estimate of drug-likeness (QED) is 0.711. The highest BCUT2D eigenvalue weighted by atomic mass is 15.3. The Labute approximate surface area is 151 Å². The molecule has 1 aliphatic heterocycles. The summed E-state index contributed by atoms with van der Waals surface area (Å²) in [4.78, 5) is 23.0. The van der Waals surface area contributed by atoms with Crippen LogP contribution < -0.4 is 9.80 Å². The van der Waals surface area contributed by atoms with E-state index in [0.717, 1.165) is 60.4 Å². The Morgan fingerprint density at radius 2 is 1.77 bits per heavy atom. The molecule has 8 nitrogen and oxygen atoms in total. The Hall–Kier alpha value is -2.77. The van der Waals surface area contributed by atoms with Crippen molar-refractivity contribution in [3.63, 3.8) is 0 Å². The molecule has 0 atom stereocenters. The van der Waals surface area contributed by atoms with Crippen LogP contribution in [0.15, 0.2) is 18.6 Å². The van der Waals surface area contributed by atoms with Gasteiger partial charge in [-0.2, -0.15) is 5.10 Å². The first kappa shape index (κ1) is 15.5. The minimum Gasteiger partial charge on any atom is -0.353 e. The Balaban J connectivity index is 1.36. The Bertz CT molecular complexity index is 953. The lowest BCUT2D eigenvalue weighted by atomic mass is 10.2. The number of piperazine rings is 1. The predicted molar refractivity (Wildman–Crippen MR) is 99.5 cm³/mol. The molecule has 0 radical (unpaired) electrons. The van der Waals surface area contributed by atoms with Gasteiger partial charge in [0.25, 0.3) is 0 Å². The van der Waals surface area contributed by atoms with Gasteiger partial charge in [-0.3, -0.25) is 4.68 Å². The van der Waals surface area contributed by atoms with Crippen molar-refractivity contribution in [3.8, 4) is 0 Å². The fourth-order valence-electron chi connectivity index (χ4n) is 3.61.